The van der Waals surface area contributed by atoms with Crippen molar-refractivity contribution < 1.29 is 9.59 Å². The molecule has 84 valence electrons. The van der Waals surface area contributed by atoms with Crippen LogP contribution in [0.15, 0.2) is 30.3 Å². The number of hydrogen-bond acceptors (Lipinski definition) is 2. The van der Waals surface area contributed by atoms with Crippen LogP contribution in [0.5, 0.6) is 0 Å². The molecule has 1 saturated carbocycles. The molecule has 0 spiro atoms. The Labute approximate surface area is 95.7 Å². The molecule has 1 aliphatic carbocycles. The summed E-state index contributed by atoms with van der Waals surface area (Å²) in [6.07, 6.45) is 3.27. The van der Waals surface area contributed by atoms with Crippen molar-refractivity contribution in [1.82, 2.24) is 0 Å². The van der Waals surface area contributed by atoms with E-state index in [0.29, 0.717) is 12.8 Å². The highest BCUT2D eigenvalue weighted by molar-refractivity contribution is 6.01. The number of Topliss-reactive ketones (excluding diaryl/α,β-unsaturated/α-hetero) is 2. The van der Waals surface area contributed by atoms with Crippen LogP contribution in [0.2, 0.25) is 0 Å². The zero-order valence-corrected chi connectivity index (χ0v) is 9.32. The molecular formula is C14H16O2. The molecule has 1 aromatic rings. The number of benzene rings is 1. The van der Waals surface area contributed by atoms with Gasteiger partial charge in [-0.25, -0.2) is 0 Å². The van der Waals surface area contributed by atoms with E-state index < -0.39 is 0 Å². The zero-order chi connectivity index (χ0) is 11.4. The predicted octanol–water partition coefficient (Wildman–Crippen LogP) is 2.56. The summed E-state index contributed by atoms with van der Waals surface area (Å²) in [5.41, 5.74) is 1.29. The maximum absolute atomic E-state index is 11.3. The fourth-order valence-electron chi connectivity index (χ4n) is 2.30. The van der Waals surface area contributed by atoms with Gasteiger partial charge >= 0.3 is 0 Å². The predicted molar refractivity (Wildman–Crippen MR) is 62.1 cm³/mol. The maximum atomic E-state index is 11.3. The lowest BCUT2D eigenvalue weighted by Gasteiger charge is -2.19. The lowest BCUT2D eigenvalue weighted by molar-refractivity contribution is -0.131. The molecule has 0 saturated heterocycles. The first-order valence-electron chi connectivity index (χ1n) is 5.81. The minimum Gasteiger partial charge on any atom is -0.299 e. The highest BCUT2D eigenvalue weighted by atomic mass is 16.1. The Morgan fingerprint density at radius 2 is 1.62 bits per heavy atom. The average molecular weight is 216 g/mol. The van der Waals surface area contributed by atoms with Crippen molar-refractivity contribution >= 4 is 11.6 Å². The minimum atomic E-state index is 0.120. The summed E-state index contributed by atoms with van der Waals surface area (Å²) in [6, 6.07) is 10.2. The van der Waals surface area contributed by atoms with Gasteiger partial charge in [0.25, 0.3) is 0 Å². The lowest BCUT2D eigenvalue weighted by Crippen LogP contribution is -2.22. The standard InChI is InChI=1S/C14H16O2/c15-13-8-12(9-14(16)10-13)7-6-11-4-2-1-3-5-11/h1-5,12H,6-10H2. The molecule has 1 fully saturated rings. The Morgan fingerprint density at radius 3 is 2.25 bits per heavy atom. The van der Waals surface area contributed by atoms with Gasteiger partial charge in [0.2, 0.25) is 0 Å². The van der Waals surface area contributed by atoms with E-state index in [1.807, 2.05) is 18.2 Å². The third kappa shape index (κ3) is 3.02. The first kappa shape index (κ1) is 11.1. The Balaban J connectivity index is 1.86. The first-order chi connectivity index (χ1) is 7.74. The van der Waals surface area contributed by atoms with Gasteiger partial charge in [0, 0.05) is 12.8 Å². The second-order valence-corrected chi connectivity index (χ2v) is 4.55. The van der Waals surface area contributed by atoms with Gasteiger partial charge in [0.05, 0.1) is 6.42 Å². The van der Waals surface area contributed by atoms with E-state index in [2.05, 4.69) is 12.1 Å². The average Bonchev–Trinajstić information content (AvgIpc) is 2.27. The monoisotopic (exact) mass is 216 g/mol. The van der Waals surface area contributed by atoms with Crippen LogP contribution in [0.25, 0.3) is 0 Å². The third-order valence-electron chi connectivity index (χ3n) is 3.11. The molecule has 0 bridgehead atoms. The topological polar surface area (TPSA) is 34.1 Å². The smallest absolute Gasteiger partial charge is 0.140 e. The second kappa shape index (κ2) is 5.06. The summed E-state index contributed by atoms with van der Waals surface area (Å²) in [5.74, 6) is 0.512. The van der Waals surface area contributed by atoms with Gasteiger partial charge in [0.1, 0.15) is 11.6 Å². The highest BCUT2D eigenvalue weighted by Gasteiger charge is 2.24. The van der Waals surface area contributed by atoms with E-state index in [1.54, 1.807) is 0 Å². The van der Waals surface area contributed by atoms with E-state index in [1.165, 1.54) is 5.56 Å². The van der Waals surface area contributed by atoms with Gasteiger partial charge in [-0.15, -0.1) is 0 Å². The molecule has 2 nitrogen and oxygen atoms in total. The van der Waals surface area contributed by atoms with Crippen LogP contribution in [-0.4, -0.2) is 11.6 Å². The molecule has 0 N–H and O–H groups in total. The minimum absolute atomic E-state index is 0.120. The summed E-state index contributed by atoms with van der Waals surface area (Å²) in [7, 11) is 0. The maximum Gasteiger partial charge on any atom is 0.140 e. The van der Waals surface area contributed by atoms with Crippen LogP contribution >= 0.6 is 0 Å². The van der Waals surface area contributed by atoms with Crippen LogP contribution in [0.4, 0.5) is 0 Å². The first-order valence-corrected chi connectivity index (χ1v) is 5.81. The van der Waals surface area contributed by atoms with Gasteiger partial charge in [-0.3, -0.25) is 9.59 Å². The van der Waals surface area contributed by atoms with Crippen LogP contribution in [0.3, 0.4) is 0 Å². The van der Waals surface area contributed by atoms with E-state index in [9.17, 15) is 9.59 Å². The van der Waals surface area contributed by atoms with E-state index in [4.69, 9.17) is 0 Å². The molecule has 0 radical (unpaired) electrons. The number of hydrogen-bond donors (Lipinski definition) is 0. The SMILES string of the molecule is O=C1CC(=O)CC(CCc2ccccc2)C1. The third-order valence-corrected chi connectivity index (χ3v) is 3.11. The van der Waals surface area contributed by atoms with Gasteiger partial charge in [0.15, 0.2) is 0 Å². The van der Waals surface area contributed by atoms with Crippen molar-refractivity contribution in [2.24, 2.45) is 5.92 Å². The van der Waals surface area contributed by atoms with Crippen molar-refractivity contribution in [3.8, 4) is 0 Å². The molecule has 0 aliphatic heterocycles. The number of carbonyl (C=O) groups excluding carboxylic acids is 2. The van der Waals surface area contributed by atoms with Crippen molar-refractivity contribution in [2.75, 3.05) is 0 Å². The summed E-state index contributed by atoms with van der Waals surface area (Å²) in [5, 5.41) is 0. The summed E-state index contributed by atoms with van der Waals surface area (Å²) >= 11 is 0. The van der Waals surface area contributed by atoms with E-state index in [-0.39, 0.29) is 23.9 Å². The molecule has 0 atom stereocenters. The number of carbonyl (C=O) groups is 2. The molecule has 16 heavy (non-hydrogen) atoms. The van der Waals surface area contributed by atoms with Crippen molar-refractivity contribution in [3.63, 3.8) is 0 Å². The Morgan fingerprint density at radius 1 is 1.00 bits per heavy atom. The molecule has 1 aromatic carbocycles. The largest absolute Gasteiger partial charge is 0.299 e. The number of ketones is 2. The Bertz CT molecular complexity index is 365. The summed E-state index contributed by atoms with van der Waals surface area (Å²) in [4.78, 5) is 22.5. The fourth-order valence-corrected chi connectivity index (χ4v) is 2.30. The van der Waals surface area contributed by atoms with Crippen LogP contribution in [-0.2, 0) is 16.0 Å². The molecular weight excluding hydrogens is 200 g/mol. The van der Waals surface area contributed by atoms with Crippen LogP contribution < -0.4 is 0 Å². The second-order valence-electron chi connectivity index (χ2n) is 4.55. The summed E-state index contributed by atoms with van der Waals surface area (Å²) < 4.78 is 0. The van der Waals surface area contributed by atoms with Crippen molar-refractivity contribution in [1.29, 1.82) is 0 Å². The lowest BCUT2D eigenvalue weighted by atomic mass is 9.84. The molecule has 0 unspecified atom stereocenters. The molecule has 2 rings (SSSR count). The summed E-state index contributed by atoms with van der Waals surface area (Å²) in [6.45, 7) is 0. The zero-order valence-electron chi connectivity index (χ0n) is 9.32. The number of rotatable bonds is 3. The van der Waals surface area contributed by atoms with Crippen LogP contribution in [0, 0.1) is 5.92 Å². The normalized spacial score (nSPS) is 17.8. The molecule has 0 amide bonds. The van der Waals surface area contributed by atoms with Crippen molar-refractivity contribution in [2.45, 2.75) is 32.1 Å². The quantitative estimate of drug-likeness (QED) is 0.728. The molecule has 2 heteroatoms. The van der Waals surface area contributed by atoms with E-state index in [0.717, 1.165) is 12.8 Å². The highest BCUT2D eigenvalue weighted by Crippen LogP contribution is 2.23. The van der Waals surface area contributed by atoms with Gasteiger partial charge < -0.3 is 0 Å². The Hall–Kier alpha value is -1.44. The molecule has 0 aromatic heterocycles. The van der Waals surface area contributed by atoms with Crippen molar-refractivity contribution in [3.05, 3.63) is 35.9 Å². The van der Waals surface area contributed by atoms with Crippen LogP contribution in [0.1, 0.15) is 31.2 Å². The van der Waals surface area contributed by atoms with Gasteiger partial charge in [-0.1, -0.05) is 30.3 Å². The fraction of sp³-hybridized carbons (Fsp3) is 0.429. The van der Waals surface area contributed by atoms with Gasteiger partial charge in [-0.2, -0.15) is 0 Å². The Kier molecular flexibility index (Phi) is 3.50. The van der Waals surface area contributed by atoms with E-state index >= 15 is 0 Å². The molecule has 1 aliphatic rings. The number of aryl methyl sites for hydroxylation is 1. The van der Waals surface area contributed by atoms with Gasteiger partial charge in [-0.05, 0) is 24.3 Å². The molecule has 0 heterocycles.